The van der Waals surface area contributed by atoms with Gasteiger partial charge in [-0.2, -0.15) is 0 Å². The molecule has 106 valence electrons. The van der Waals surface area contributed by atoms with E-state index in [-0.39, 0.29) is 5.41 Å². The molecular weight excluding hydrogens is 260 g/mol. The van der Waals surface area contributed by atoms with Gasteiger partial charge < -0.3 is 5.21 Å². The van der Waals surface area contributed by atoms with Crippen molar-refractivity contribution in [2.24, 2.45) is 10.6 Å². The third-order valence-corrected chi connectivity index (χ3v) is 3.64. The Hall–Kier alpha value is -2.42. The SMILES string of the molecule is CC(C)(C)C(=NO)c1ccc2ccc3ccccc3c2n1. The number of hydrogen-bond donors (Lipinski definition) is 1. The van der Waals surface area contributed by atoms with Gasteiger partial charge in [-0.05, 0) is 11.5 Å². The van der Waals surface area contributed by atoms with Crippen LogP contribution in [0, 0.1) is 5.41 Å². The zero-order chi connectivity index (χ0) is 15.0. The minimum absolute atomic E-state index is 0.264. The number of benzene rings is 2. The van der Waals surface area contributed by atoms with Crippen LogP contribution in [0.2, 0.25) is 0 Å². The molecule has 0 saturated carbocycles. The van der Waals surface area contributed by atoms with Crippen molar-refractivity contribution >= 4 is 27.4 Å². The van der Waals surface area contributed by atoms with Gasteiger partial charge in [-0.1, -0.05) is 68.4 Å². The zero-order valence-electron chi connectivity index (χ0n) is 12.5. The molecule has 21 heavy (non-hydrogen) atoms. The van der Waals surface area contributed by atoms with Gasteiger partial charge in [0.15, 0.2) is 0 Å². The summed E-state index contributed by atoms with van der Waals surface area (Å²) in [5, 5.41) is 16.2. The lowest BCUT2D eigenvalue weighted by Gasteiger charge is -2.19. The Kier molecular flexibility index (Phi) is 3.13. The van der Waals surface area contributed by atoms with Crippen LogP contribution in [0.15, 0.2) is 53.7 Å². The highest BCUT2D eigenvalue weighted by Gasteiger charge is 2.23. The maximum Gasteiger partial charge on any atom is 0.110 e. The second-order valence-corrected chi connectivity index (χ2v) is 6.25. The van der Waals surface area contributed by atoms with Crippen molar-refractivity contribution in [2.45, 2.75) is 20.8 Å². The lowest BCUT2D eigenvalue weighted by Crippen LogP contribution is -2.22. The second kappa shape index (κ2) is 4.85. The molecule has 3 heteroatoms. The molecule has 2 aromatic carbocycles. The van der Waals surface area contributed by atoms with E-state index in [1.54, 1.807) is 0 Å². The summed E-state index contributed by atoms with van der Waals surface area (Å²) in [6.45, 7) is 6.03. The van der Waals surface area contributed by atoms with Crippen molar-refractivity contribution in [3.63, 3.8) is 0 Å². The lowest BCUT2D eigenvalue weighted by molar-refractivity contribution is 0.311. The van der Waals surface area contributed by atoms with Gasteiger partial charge in [0.2, 0.25) is 0 Å². The smallest absolute Gasteiger partial charge is 0.110 e. The maximum absolute atomic E-state index is 9.35. The number of nitrogens with zero attached hydrogens (tertiary/aromatic N) is 2. The van der Waals surface area contributed by atoms with E-state index < -0.39 is 0 Å². The lowest BCUT2D eigenvalue weighted by atomic mass is 9.87. The molecule has 3 nitrogen and oxygen atoms in total. The second-order valence-electron chi connectivity index (χ2n) is 6.25. The van der Waals surface area contributed by atoms with Crippen LogP contribution in [0.5, 0.6) is 0 Å². The van der Waals surface area contributed by atoms with Crippen molar-refractivity contribution in [1.29, 1.82) is 0 Å². The maximum atomic E-state index is 9.35. The summed E-state index contributed by atoms with van der Waals surface area (Å²) in [6.07, 6.45) is 0. The van der Waals surface area contributed by atoms with Gasteiger partial charge in [0.05, 0.1) is 11.2 Å². The van der Waals surface area contributed by atoms with Crippen LogP contribution in [0.1, 0.15) is 26.5 Å². The highest BCUT2D eigenvalue weighted by atomic mass is 16.4. The quantitative estimate of drug-likeness (QED) is 0.306. The highest BCUT2D eigenvalue weighted by molar-refractivity contribution is 6.08. The molecule has 1 heterocycles. The van der Waals surface area contributed by atoms with Crippen molar-refractivity contribution in [1.82, 2.24) is 4.98 Å². The minimum Gasteiger partial charge on any atom is -0.411 e. The van der Waals surface area contributed by atoms with Crippen LogP contribution in [-0.2, 0) is 0 Å². The highest BCUT2D eigenvalue weighted by Crippen LogP contribution is 2.26. The summed E-state index contributed by atoms with van der Waals surface area (Å²) in [6, 6.07) is 16.3. The Labute approximate surface area is 123 Å². The van der Waals surface area contributed by atoms with E-state index in [2.05, 4.69) is 29.4 Å². The predicted octanol–water partition coefficient (Wildman–Crippen LogP) is 4.61. The Bertz CT molecular complexity index is 845. The standard InChI is InChI=1S/C18H18N2O/c1-18(2,3)17(20-21)15-11-10-13-9-8-12-6-4-5-7-14(12)16(13)19-15/h4-11,21H,1-3H3. The fraction of sp³-hybridized carbons (Fsp3) is 0.222. The molecule has 0 radical (unpaired) electrons. The first-order valence-electron chi connectivity index (χ1n) is 7.02. The first-order chi connectivity index (χ1) is 10.0. The summed E-state index contributed by atoms with van der Waals surface area (Å²) in [5.41, 5.74) is 1.99. The minimum atomic E-state index is -0.264. The van der Waals surface area contributed by atoms with E-state index >= 15 is 0 Å². The van der Waals surface area contributed by atoms with Crippen molar-refractivity contribution in [3.8, 4) is 0 Å². The number of oxime groups is 1. The van der Waals surface area contributed by atoms with E-state index in [4.69, 9.17) is 4.98 Å². The van der Waals surface area contributed by atoms with E-state index in [0.29, 0.717) is 11.4 Å². The van der Waals surface area contributed by atoms with Crippen LogP contribution < -0.4 is 0 Å². The average molecular weight is 278 g/mol. The Morgan fingerprint density at radius 2 is 1.62 bits per heavy atom. The van der Waals surface area contributed by atoms with Gasteiger partial charge in [0.25, 0.3) is 0 Å². The van der Waals surface area contributed by atoms with Crippen LogP contribution in [-0.4, -0.2) is 15.9 Å². The predicted molar refractivity (Wildman–Crippen MR) is 87.0 cm³/mol. The monoisotopic (exact) mass is 278 g/mol. The molecular formula is C18H18N2O. The van der Waals surface area contributed by atoms with Gasteiger partial charge in [0, 0.05) is 16.2 Å². The molecule has 1 N–H and O–H groups in total. The van der Waals surface area contributed by atoms with Crippen LogP contribution in [0.25, 0.3) is 21.7 Å². The average Bonchev–Trinajstić information content (AvgIpc) is 2.46. The third kappa shape index (κ3) is 2.35. The fourth-order valence-corrected chi connectivity index (χ4v) is 2.58. The molecule has 1 aromatic heterocycles. The molecule has 0 amide bonds. The zero-order valence-corrected chi connectivity index (χ0v) is 12.5. The molecule has 0 unspecified atom stereocenters. The molecule has 0 aliphatic carbocycles. The van der Waals surface area contributed by atoms with Gasteiger partial charge in [-0.25, -0.2) is 4.98 Å². The fourth-order valence-electron chi connectivity index (χ4n) is 2.58. The molecule has 0 aliphatic rings. The Morgan fingerprint density at radius 1 is 0.952 bits per heavy atom. The first kappa shape index (κ1) is 13.6. The van der Waals surface area contributed by atoms with Gasteiger partial charge in [0.1, 0.15) is 5.71 Å². The van der Waals surface area contributed by atoms with E-state index in [1.165, 1.54) is 0 Å². The van der Waals surface area contributed by atoms with Gasteiger partial charge in [-0.3, -0.25) is 0 Å². The summed E-state index contributed by atoms with van der Waals surface area (Å²) < 4.78 is 0. The molecule has 3 aromatic rings. The molecule has 0 saturated heterocycles. The first-order valence-corrected chi connectivity index (χ1v) is 7.02. The largest absolute Gasteiger partial charge is 0.411 e. The van der Waals surface area contributed by atoms with Crippen LogP contribution >= 0.6 is 0 Å². The van der Waals surface area contributed by atoms with E-state index in [9.17, 15) is 5.21 Å². The van der Waals surface area contributed by atoms with E-state index in [1.807, 2.05) is 45.0 Å². The molecule has 0 bridgehead atoms. The molecule has 0 spiro atoms. The number of pyridine rings is 1. The summed E-state index contributed by atoms with van der Waals surface area (Å²) in [4.78, 5) is 4.75. The summed E-state index contributed by atoms with van der Waals surface area (Å²) in [5.74, 6) is 0. The Balaban J connectivity index is 2.31. The molecule has 0 aliphatic heterocycles. The van der Waals surface area contributed by atoms with Crippen molar-refractivity contribution in [3.05, 3.63) is 54.2 Å². The van der Waals surface area contributed by atoms with Crippen molar-refractivity contribution in [2.75, 3.05) is 0 Å². The van der Waals surface area contributed by atoms with Crippen LogP contribution in [0.3, 0.4) is 0 Å². The topological polar surface area (TPSA) is 45.5 Å². The summed E-state index contributed by atoms with van der Waals surface area (Å²) >= 11 is 0. The van der Waals surface area contributed by atoms with Crippen molar-refractivity contribution < 1.29 is 5.21 Å². The number of rotatable bonds is 1. The summed E-state index contributed by atoms with van der Waals surface area (Å²) in [7, 11) is 0. The normalized spacial score (nSPS) is 13.0. The number of hydrogen-bond acceptors (Lipinski definition) is 3. The Morgan fingerprint density at radius 3 is 2.33 bits per heavy atom. The molecule has 0 fully saturated rings. The van der Waals surface area contributed by atoms with Crippen LogP contribution in [0.4, 0.5) is 0 Å². The number of aromatic nitrogens is 1. The number of fused-ring (bicyclic) bond motifs is 3. The van der Waals surface area contributed by atoms with Gasteiger partial charge >= 0.3 is 0 Å². The van der Waals surface area contributed by atoms with Gasteiger partial charge in [-0.15, -0.1) is 0 Å². The third-order valence-electron chi connectivity index (χ3n) is 3.64. The molecule has 0 atom stereocenters. The van der Waals surface area contributed by atoms with E-state index in [0.717, 1.165) is 21.7 Å². The molecule has 3 rings (SSSR count).